The van der Waals surface area contributed by atoms with E-state index in [9.17, 15) is 4.79 Å². The number of benzene rings is 3. The molecule has 4 heteroatoms. The molecule has 5 aromatic rings. The zero-order valence-electron chi connectivity index (χ0n) is 21.5. The fourth-order valence-corrected chi connectivity index (χ4v) is 6.12. The molecule has 36 heavy (non-hydrogen) atoms. The molecule has 182 valence electrons. The van der Waals surface area contributed by atoms with E-state index in [2.05, 4.69) is 115 Å². The van der Waals surface area contributed by atoms with Gasteiger partial charge in [0.15, 0.2) is 0 Å². The van der Waals surface area contributed by atoms with Crippen LogP contribution in [0.15, 0.2) is 85.2 Å². The number of amides is 1. The number of hydrogen-bond donors (Lipinski definition) is 1. The van der Waals surface area contributed by atoms with Crippen LogP contribution in [0.2, 0.25) is 0 Å². The molecule has 1 amide bonds. The molecule has 1 aliphatic rings. The molecule has 6 rings (SSSR count). The maximum absolute atomic E-state index is 14.4. The molecule has 2 aromatic heterocycles. The van der Waals surface area contributed by atoms with E-state index in [4.69, 9.17) is 0 Å². The largest absolute Gasteiger partial charge is 0.347 e. The summed E-state index contributed by atoms with van der Waals surface area (Å²) in [6, 6.07) is 25.2. The lowest BCUT2D eigenvalue weighted by Crippen LogP contribution is -2.37. The summed E-state index contributed by atoms with van der Waals surface area (Å²) < 4.78 is 4.66. The second kappa shape index (κ2) is 8.41. The Morgan fingerprint density at radius 2 is 1.14 bits per heavy atom. The predicted octanol–water partition coefficient (Wildman–Crippen LogP) is 7.19. The number of hydrogen-bond acceptors (Lipinski definition) is 1. The Labute approximate surface area is 212 Å². The van der Waals surface area contributed by atoms with Gasteiger partial charge in [0, 0.05) is 69.7 Å². The van der Waals surface area contributed by atoms with Gasteiger partial charge in [-0.25, -0.2) is 0 Å². The molecule has 0 saturated heterocycles. The average Bonchev–Trinajstić information content (AvgIpc) is 3.49. The van der Waals surface area contributed by atoms with E-state index in [1.807, 2.05) is 12.1 Å². The van der Waals surface area contributed by atoms with Crippen molar-refractivity contribution < 1.29 is 4.79 Å². The Morgan fingerprint density at radius 1 is 0.667 bits per heavy atom. The topological polar surface area (TPSA) is 39.0 Å². The number of nitrogens with zero attached hydrogens (tertiary/aromatic N) is 2. The van der Waals surface area contributed by atoms with E-state index < -0.39 is 5.41 Å². The third-order valence-corrected chi connectivity index (χ3v) is 7.43. The van der Waals surface area contributed by atoms with Gasteiger partial charge in [-0.2, -0.15) is 0 Å². The minimum Gasteiger partial charge on any atom is -0.347 e. The number of para-hydroxylation sites is 3. The molecule has 3 heterocycles. The normalized spacial score (nSPS) is 14.8. The number of rotatable bonds is 6. The van der Waals surface area contributed by atoms with Gasteiger partial charge in [0.1, 0.15) is 5.41 Å². The van der Waals surface area contributed by atoms with Crippen molar-refractivity contribution in [3.63, 3.8) is 0 Å². The van der Waals surface area contributed by atoms with Crippen LogP contribution in [-0.4, -0.2) is 15.0 Å². The zero-order valence-corrected chi connectivity index (χ0v) is 21.5. The van der Waals surface area contributed by atoms with Crippen LogP contribution in [0.3, 0.4) is 0 Å². The van der Waals surface area contributed by atoms with Crippen LogP contribution in [0.5, 0.6) is 0 Å². The molecule has 0 aliphatic carbocycles. The maximum atomic E-state index is 14.4. The highest BCUT2D eigenvalue weighted by Crippen LogP contribution is 2.52. The molecular formula is C32H33N3O. The molecule has 0 spiro atoms. The van der Waals surface area contributed by atoms with Crippen LogP contribution in [0.25, 0.3) is 21.8 Å². The maximum Gasteiger partial charge on any atom is 0.244 e. The molecule has 0 saturated carbocycles. The van der Waals surface area contributed by atoms with Gasteiger partial charge in [0.25, 0.3) is 0 Å². The molecule has 0 fully saturated rings. The standard InChI is InChI=1S/C32H33N3O/c1-21(2)17-34-19-26(23-11-5-9-15-29(23)34)32(25-13-7-8-14-28(25)33-31(32)36)27-20-35(18-22(3)4)30-16-10-6-12-24(27)30/h5-16,19-22H,17-18H2,1-4H3,(H,33,36). The van der Waals surface area contributed by atoms with Crippen molar-refractivity contribution in [3.8, 4) is 0 Å². The third kappa shape index (κ3) is 3.24. The summed E-state index contributed by atoms with van der Waals surface area (Å²) in [6.07, 6.45) is 4.47. The van der Waals surface area contributed by atoms with Crippen LogP contribution in [0.1, 0.15) is 44.4 Å². The second-order valence-corrected chi connectivity index (χ2v) is 11.0. The minimum absolute atomic E-state index is 0.0172. The second-order valence-electron chi connectivity index (χ2n) is 11.0. The smallest absolute Gasteiger partial charge is 0.244 e. The van der Waals surface area contributed by atoms with Gasteiger partial charge in [-0.3, -0.25) is 4.79 Å². The van der Waals surface area contributed by atoms with Crippen molar-refractivity contribution in [1.29, 1.82) is 0 Å². The summed E-state index contributed by atoms with van der Waals surface area (Å²) >= 11 is 0. The van der Waals surface area contributed by atoms with Gasteiger partial charge in [0.2, 0.25) is 5.91 Å². The first-order valence-electron chi connectivity index (χ1n) is 13.0. The quantitative estimate of drug-likeness (QED) is 0.277. The molecule has 0 bridgehead atoms. The lowest BCUT2D eigenvalue weighted by molar-refractivity contribution is -0.118. The number of nitrogens with one attached hydrogen (secondary N) is 1. The number of anilines is 1. The van der Waals surface area contributed by atoms with Crippen molar-refractivity contribution in [3.05, 3.63) is 102 Å². The highest BCUT2D eigenvalue weighted by molar-refractivity contribution is 6.15. The summed E-state index contributed by atoms with van der Waals surface area (Å²) in [5.74, 6) is 0.994. The Bertz CT molecular complexity index is 1510. The monoisotopic (exact) mass is 475 g/mol. The van der Waals surface area contributed by atoms with Crippen molar-refractivity contribution in [1.82, 2.24) is 9.13 Å². The Kier molecular flexibility index (Phi) is 5.29. The first kappa shape index (κ1) is 22.7. The van der Waals surface area contributed by atoms with Crippen molar-refractivity contribution in [2.45, 2.75) is 46.2 Å². The lowest BCUT2D eigenvalue weighted by Gasteiger charge is -2.28. The first-order valence-corrected chi connectivity index (χ1v) is 13.0. The summed E-state index contributed by atoms with van der Waals surface area (Å²) in [7, 11) is 0. The van der Waals surface area contributed by atoms with Gasteiger partial charge in [0.05, 0.1) is 0 Å². The molecule has 1 aliphatic heterocycles. The summed E-state index contributed by atoms with van der Waals surface area (Å²) in [4.78, 5) is 14.4. The highest BCUT2D eigenvalue weighted by atomic mass is 16.2. The molecular weight excluding hydrogens is 442 g/mol. The predicted molar refractivity (Wildman–Crippen MR) is 149 cm³/mol. The number of carbonyl (C=O) groups excluding carboxylic acids is 1. The lowest BCUT2D eigenvalue weighted by atomic mass is 9.70. The van der Waals surface area contributed by atoms with Crippen LogP contribution >= 0.6 is 0 Å². The average molecular weight is 476 g/mol. The molecule has 4 nitrogen and oxygen atoms in total. The molecule has 3 aromatic carbocycles. The van der Waals surface area contributed by atoms with Gasteiger partial charge in [-0.1, -0.05) is 82.3 Å². The van der Waals surface area contributed by atoms with E-state index in [0.29, 0.717) is 11.8 Å². The van der Waals surface area contributed by atoms with Gasteiger partial charge >= 0.3 is 0 Å². The Hall–Kier alpha value is -3.79. The minimum atomic E-state index is -0.944. The third-order valence-electron chi connectivity index (χ3n) is 7.43. The van der Waals surface area contributed by atoms with E-state index in [-0.39, 0.29) is 5.91 Å². The van der Waals surface area contributed by atoms with Gasteiger partial charge in [-0.05, 0) is 30.0 Å². The molecule has 0 unspecified atom stereocenters. The fourth-order valence-electron chi connectivity index (χ4n) is 6.12. The van der Waals surface area contributed by atoms with Crippen LogP contribution in [0, 0.1) is 11.8 Å². The number of carbonyl (C=O) groups is 1. The molecule has 1 N–H and O–H groups in total. The van der Waals surface area contributed by atoms with E-state index in [0.717, 1.165) is 46.2 Å². The van der Waals surface area contributed by atoms with Crippen LogP contribution in [0.4, 0.5) is 5.69 Å². The number of aromatic nitrogens is 2. The number of fused-ring (bicyclic) bond motifs is 3. The first-order chi connectivity index (χ1) is 17.4. The highest BCUT2D eigenvalue weighted by Gasteiger charge is 2.52. The van der Waals surface area contributed by atoms with E-state index in [1.54, 1.807) is 0 Å². The van der Waals surface area contributed by atoms with Crippen molar-refractivity contribution in [2.75, 3.05) is 5.32 Å². The van der Waals surface area contributed by atoms with Gasteiger partial charge in [-0.15, -0.1) is 0 Å². The SMILES string of the molecule is CC(C)Cn1cc(C2(c3cn(CC(C)C)c4ccccc34)C(=O)Nc3ccccc32)c2ccccc21. The molecule has 0 radical (unpaired) electrons. The Morgan fingerprint density at radius 3 is 1.67 bits per heavy atom. The summed E-state index contributed by atoms with van der Waals surface area (Å²) in [6.45, 7) is 10.7. The Balaban J connectivity index is 1.75. The fraction of sp³-hybridized carbons (Fsp3) is 0.281. The van der Waals surface area contributed by atoms with Crippen LogP contribution in [-0.2, 0) is 23.3 Å². The van der Waals surface area contributed by atoms with E-state index in [1.165, 1.54) is 11.0 Å². The van der Waals surface area contributed by atoms with Crippen molar-refractivity contribution >= 4 is 33.4 Å². The summed E-state index contributed by atoms with van der Waals surface area (Å²) in [5.41, 5.74) is 5.41. The van der Waals surface area contributed by atoms with Crippen molar-refractivity contribution in [2.24, 2.45) is 11.8 Å². The van der Waals surface area contributed by atoms with Crippen LogP contribution < -0.4 is 5.32 Å². The summed E-state index contributed by atoms with van der Waals surface area (Å²) in [5, 5.41) is 5.52. The van der Waals surface area contributed by atoms with E-state index >= 15 is 0 Å². The molecule has 0 atom stereocenters. The zero-order chi connectivity index (χ0) is 25.0. The van der Waals surface area contributed by atoms with Gasteiger partial charge < -0.3 is 14.5 Å².